The molecule has 0 aliphatic heterocycles. The Kier molecular flexibility index (Phi) is 11.9. The van der Waals surface area contributed by atoms with Gasteiger partial charge in [-0.3, -0.25) is 9.59 Å². The van der Waals surface area contributed by atoms with Crippen molar-refractivity contribution in [2.24, 2.45) is 5.73 Å². The topological polar surface area (TPSA) is 74.3 Å². The zero-order valence-corrected chi connectivity index (χ0v) is 11.6. The molecule has 18 heavy (non-hydrogen) atoms. The molecular formula is C14H27N2O2. The number of carbonyl (C=O) groups excluding carboxylic acids is 2. The van der Waals surface area contributed by atoms with Gasteiger partial charge in [-0.05, 0) is 6.42 Å². The van der Waals surface area contributed by atoms with Crippen LogP contribution in [-0.4, -0.2) is 18.4 Å². The second-order valence-electron chi connectivity index (χ2n) is 4.68. The summed E-state index contributed by atoms with van der Waals surface area (Å²) >= 11 is 0. The second kappa shape index (κ2) is 12.6. The molecule has 2 amide bonds. The van der Waals surface area contributed by atoms with Crippen LogP contribution < -0.4 is 11.1 Å². The van der Waals surface area contributed by atoms with Gasteiger partial charge >= 0.3 is 0 Å². The minimum absolute atomic E-state index is 0.177. The highest BCUT2D eigenvalue weighted by Crippen LogP contribution is 2.10. The summed E-state index contributed by atoms with van der Waals surface area (Å²) < 4.78 is 0. The number of rotatable bonds is 11. The number of unbranched alkanes of at least 4 members (excludes halogenated alkanes) is 8. The number of nitrogens with two attached hydrogens (primary N) is 1. The predicted octanol–water partition coefficient (Wildman–Crippen LogP) is 2.52. The number of imide groups is 1. The summed E-state index contributed by atoms with van der Waals surface area (Å²) in [6, 6.07) is 0. The lowest BCUT2D eigenvalue weighted by molar-refractivity contribution is -0.130. The Balaban J connectivity index is 3.20. The first-order chi connectivity index (χ1) is 8.70. The van der Waals surface area contributed by atoms with Crippen LogP contribution in [0.15, 0.2) is 0 Å². The van der Waals surface area contributed by atoms with Crippen molar-refractivity contribution in [3.8, 4) is 0 Å². The van der Waals surface area contributed by atoms with Crippen LogP contribution in [0.4, 0.5) is 0 Å². The zero-order chi connectivity index (χ0) is 13.6. The van der Waals surface area contributed by atoms with Gasteiger partial charge in [0, 0.05) is 6.42 Å². The van der Waals surface area contributed by atoms with Crippen molar-refractivity contribution >= 4 is 11.8 Å². The third-order valence-electron chi connectivity index (χ3n) is 2.92. The minimum atomic E-state index is -0.518. The monoisotopic (exact) mass is 255 g/mol. The van der Waals surface area contributed by atoms with Crippen molar-refractivity contribution in [3.05, 3.63) is 0 Å². The normalized spacial score (nSPS) is 10.3. The molecule has 0 fully saturated rings. The van der Waals surface area contributed by atoms with E-state index in [0.717, 1.165) is 12.8 Å². The summed E-state index contributed by atoms with van der Waals surface area (Å²) in [6.45, 7) is 2.04. The van der Waals surface area contributed by atoms with Crippen LogP contribution in [0, 0.1) is 0 Å². The molecule has 4 heteroatoms. The molecule has 0 saturated carbocycles. The lowest BCUT2D eigenvalue weighted by Gasteiger charge is -2.01. The molecule has 4 nitrogen and oxygen atoms in total. The number of hydrogen-bond acceptors (Lipinski definition) is 3. The van der Waals surface area contributed by atoms with Crippen LogP contribution in [0.25, 0.3) is 0 Å². The third-order valence-corrected chi connectivity index (χ3v) is 2.92. The molecular weight excluding hydrogens is 228 g/mol. The number of hydrogen-bond donors (Lipinski definition) is 1. The molecule has 0 spiro atoms. The molecule has 0 saturated heterocycles. The fraction of sp³-hybridized carbons (Fsp3) is 0.857. The Labute approximate surface area is 111 Å². The van der Waals surface area contributed by atoms with Crippen LogP contribution in [0.3, 0.4) is 0 Å². The first kappa shape index (κ1) is 17.1. The Morgan fingerprint density at radius 3 is 1.83 bits per heavy atom. The maximum Gasteiger partial charge on any atom is 0.262 e. The average molecular weight is 255 g/mol. The summed E-state index contributed by atoms with van der Waals surface area (Å²) in [5.41, 5.74) is 5.07. The smallest absolute Gasteiger partial charge is 0.262 e. The lowest BCUT2D eigenvalue weighted by Crippen LogP contribution is -2.28. The molecule has 0 unspecified atom stereocenters. The van der Waals surface area contributed by atoms with Gasteiger partial charge in [-0.25, -0.2) is 0 Å². The van der Waals surface area contributed by atoms with Gasteiger partial charge in [0.25, 0.3) is 5.91 Å². The summed E-state index contributed by atoms with van der Waals surface area (Å²) in [5.74, 6) is -0.843. The van der Waals surface area contributed by atoms with E-state index in [9.17, 15) is 9.59 Å². The Morgan fingerprint density at radius 1 is 0.833 bits per heavy atom. The van der Waals surface area contributed by atoms with Gasteiger partial charge in [0.05, 0.1) is 6.54 Å². The van der Waals surface area contributed by atoms with Crippen LogP contribution >= 0.6 is 0 Å². The van der Waals surface area contributed by atoms with E-state index >= 15 is 0 Å². The first-order valence-corrected chi connectivity index (χ1v) is 7.18. The van der Waals surface area contributed by atoms with Crippen LogP contribution in [0.1, 0.15) is 71.1 Å². The fourth-order valence-corrected chi connectivity index (χ4v) is 1.83. The fourth-order valence-electron chi connectivity index (χ4n) is 1.83. The Morgan fingerprint density at radius 2 is 1.33 bits per heavy atom. The van der Waals surface area contributed by atoms with Gasteiger partial charge in [-0.15, -0.1) is 0 Å². The van der Waals surface area contributed by atoms with E-state index in [-0.39, 0.29) is 12.5 Å². The van der Waals surface area contributed by atoms with Gasteiger partial charge in [0.2, 0.25) is 5.91 Å². The highest BCUT2D eigenvalue weighted by Gasteiger charge is 2.07. The standard InChI is InChI=1S/C14H27N2O2/c1-2-3-4-5-6-7-8-9-10-11-13(17)16-14(18)12-15/h2-12,15H2,1H3. The zero-order valence-electron chi connectivity index (χ0n) is 11.6. The number of carbonyl (C=O) groups is 2. The van der Waals surface area contributed by atoms with E-state index in [1.807, 2.05) is 0 Å². The molecule has 0 atom stereocenters. The highest BCUT2D eigenvalue weighted by molar-refractivity contribution is 5.95. The van der Waals surface area contributed by atoms with E-state index in [2.05, 4.69) is 12.2 Å². The Bertz CT molecular complexity index is 230. The predicted molar refractivity (Wildman–Crippen MR) is 73.0 cm³/mol. The van der Waals surface area contributed by atoms with E-state index in [4.69, 9.17) is 5.73 Å². The molecule has 2 N–H and O–H groups in total. The molecule has 1 radical (unpaired) electrons. The largest absolute Gasteiger partial charge is 0.322 e. The van der Waals surface area contributed by atoms with Crippen LogP contribution in [0.2, 0.25) is 0 Å². The summed E-state index contributed by atoms with van der Waals surface area (Å²) in [6.07, 6.45) is 11.3. The van der Waals surface area contributed by atoms with Crippen molar-refractivity contribution in [1.82, 2.24) is 5.32 Å². The van der Waals surface area contributed by atoms with Crippen molar-refractivity contribution in [2.45, 2.75) is 71.1 Å². The van der Waals surface area contributed by atoms with E-state index in [0.29, 0.717) is 6.42 Å². The average Bonchev–Trinajstić information content (AvgIpc) is 2.36. The molecule has 0 aliphatic carbocycles. The molecule has 0 heterocycles. The molecule has 105 valence electrons. The SMILES string of the molecule is CCCCCCCCCCCC(=O)[N]C(=O)CN. The summed E-state index contributed by atoms with van der Waals surface area (Å²) in [7, 11) is 0. The van der Waals surface area contributed by atoms with E-state index in [1.165, 1.54) is 44.9 Å². The lowest BCUT2D eigenvalue weighted by atomic mass is 10.1. The summed E-state index contributed by atoms with van der Waals surface area (Å²) in [4.78, 5) is 21.9. The summed E-state index contributed by atoms with van der Waals surface area (Å²) in [5, 5.41) is 3.36. The van der Waals surface area contributed by atoms with E-state index in [1.54, 1.807) is 0 Å². The highest BCUT2D eigenvalue weighted by atomic mass is 16.2. The van der Waals surface area contributed by atoms with Crippen LogP contribution in [-0.2, 0) is 9.59 Å². The first-order valence-electron chi connectivity index (χ1n) is 7.18. The second-order valence-corrected chi connectivity index (χ2v) is 4.68. The number of amides is 2. The molecule has 0 rings (SSSR count). The van der Waals surface area contributed by atoms with Crippen molar-refractivity contribution < 1.29 is 9.59 Å². The van der Waals surface area contributed by atoms with Gasteiger partial charge in [0.15, 0.2) is 0 Å². The Hall–Kier alpha value is -0.900. The van der Waals surface area contributed by atoms with Gasteiger partial charge < -0.3 is 5.73 Å². The maximum absolute atomic E-state index is 11.2. The van der Waals surface area contributed by atoms with Crippen molar-refractivity contribution in [1.29, 1.82) is 0 Å². The van der Waals surface area contributed by atoms with Crippen molar-refractivity contribution in [3.63, 3.8) is 0 Å². The van der Waals surface area contributed by atoms with Crippen molar-refractivity contribution in [2.75, 3.05) is 6.54 Å². The molecule has 0 aromatic carbocycles. The van der Waals surface area contributed by atoms with Gasteiger partial charge in [-0.1, -0.05) is 58.3 Å². The molecule has 0 aliphatic rings. The van der Waals surface area contributed by atoms with Crippen LogP contribution in [0.5, 0.6) is 0 Å². The van der Waals surface area contributed by atoms with E-state index < -0.39 is 5.91 Å². The van der Waals surface area contributed by atoms with Gasteiger partial charge in [0.1, 0.15) is 0 Å². The number of nitrogens with zero attached hydrogens (tertiary/aromatic N) is 1. The molecule has 0 aromatic heterocycles. The quantitative estimate of drug-likeness (QED) is 0.576. The third kappa shape index (κ3) is 11.6. The van der Waals surface area contributed by atoms with Gasteiger partial charge in [-0.2, -0.15) is 5.32 Å². The maximum atomic E-state index is 11.2. The molecule has 0 bridgehead atoms. The minimum Gasteiger partial charge on any atom is -0.322 e. The molecule has 0 aromatic rings.